The van der Waals surface area contributed by atoms with Crippen LogP contribution in [0.4, 0.5) is 23.3 Å². The Labute approximate surface area is 367 Å². The minimum absolute atomic E-state index is 0.403. The Morgan fingerprint density at radius 2 is 1.18 bits per heavy atom. The molecule has 0 amide bonds. The first-order chi connectivity index (χ1) is 28.8. The predicted molar refractivity (Wildman–Crippen MR) is 251 cm³/mol. The van der Waals surface area contributed by atoms with Gasteiger partial charge >= 0.3 is 0 Å². The fourth-order valence-electron chi connectivity index (χ4n) is 8.85. The highest BCUT2D eigenvalue weighted by Crippen LogP contribution is 2.41. The molecule has 0 spiro atoms. The number of aromatic nitrogens is 8. The molecule has 16 heteroatoms. The average molecular weight is 885 g/mol. The van der Waals surface area contributed by atoms with Crippen molar-refractivity contribution in [1.29, 1.82) is 0 Å². The van der Waals surface area contributed by atoms with Gasteiger partial charge in [0.25, 0.3) is 0 Å². The van der Waals surface area contributed by atoms with Crippen molar-refractivity contribution in [3.63, 3.8) is 0 Å². The minimum Gasteiger partial charge on any atom is -0.359 e. The van der Waals surface area contributed by atoms with Gasteiger partial charge in [0.1, 0.15) is 18.5 Å². The topological polar surface area (TPSA) is 125 Å². The number of H-pyrrole nitrogens is 1. The lowest BCUT2D eigenvalue weighted by molar-refractivity contribution is 0.0792. The van der Waals surface area contributed by atoms with Gasteiger partial charge in [-0.1, -0.05) is 51.4 Å². The molecule has 60 heavy (non-hydrogen) atoms. The van der Waals surface area contributed by atoms with Gasteiger partial charge in [-0.15, -0.1) is 5.10 Å². The van der Waals surface area contributed by atoms with E-state index in [4.69, 9.17) is 31.8 Å². The summed E-state index contributed by atoms with van der Waals surface area (Å²) in [4.78, 5) is 9.40. The maximum atomic E-state index is 6.05. The standard InChI is InChI=1S/C24H34N6OSSi.C20H30N4OSSi/c1-29-12-11-21(27-29)32-24-26-23(30(28-24)16-31-13-14-33(2,3)4)25-22-19-9-5-7-17(19)15-18-8-6-10-20(18)22;1-27(2,3)11-10-25-13-24-19(22-20(26)23-24)21-18-16-8-4-6-14(16)12-15-7-5-9-17(15)18/h11-12,15H,5-10,13-14,16H2,1-4H3,(H,25,26,28);12H,4-11,13H2,1-3H3,(H2,21,22,23,26). The molecule has 0 saturated heterocycles. The molecule has 322 valence electrons. The largest absolute Gasteiger partial charge is 0.359 e. The van der Waals surface area contributed by atoms with E-state index in [2.05, 4.69) is 77.2 Å². The third-order valence-electron chi connectivity index (χ3n) is 12.1. The summed E-state index contributed by atoms with van der Waals surface area (Å²) in [7, 11) is -0.299. The van der Waals surface area contributed by atoms with Crippen LogP contribution in [0.15, 0.2) is 34.6 Å². The smallest absolute Gasteiger partial charge is 0.228 e. The second-order valence-corrected chi connectivity index (χ2v) is 32.0. The molecule has 4 aliphatic carbocycles. The SMILES string of the molecule is C[Si](C)(C)CCOCn1[nH]c(=S)nc1Nc1c2c(cc3c1CCC3)CCC2.Cn1ccc(Sc2nc(Nc3c4c(cc5c3CCC5)CCC4)n(COCC[Si](C)(C)C)n2)n1. The predicted octanol–water partition coefficient (Wildman–Crippen LogP) is 10.2. The molecule has 0 bridgehead atoms. The van der Waals surface area contributed by atoms with Gasteiger partial charge in [-0.3, -0.25) is 9.78 Å². The Morgan fingerprint density at radius 3 is 1.67 bits per heavy atom. The van der Waals surface area contributed by atoms with Crippen LogP contribution in [-0.2, 0) is 81.3 Å². The lowest BCUT2D eigenvalue weighted by atomic mass is 9.99. The molecular weight excluding hydrogens is 821 g/mol. The Morgan fingerprint density at radius 1 is 0.683 bits per heavy atom. The van der Waals surface area contributed by atoms with Crippen molar-refractivity contribution in [1.82, 2.24) is 39.3 Å². The second-order valence-electron chi connectivity index (χ2n) is 19.3. The van der Waals surface area contributed by atoms with E-state index in [1.54, 1.807) is 4.68 Å². The van der Waals surface area contributed by atoms with Crippen molar-refractivity contribution in [3.8, 4) is 0 Å². The molecular formula is C44H64N10O2S2Si2. The Kier molecular flexibility index (Phi) is 13.2. The number of aromatic amines is 1. The third-order valence-corrected chi connectivity index (χ3v) is 16.5. The fraction of sp³-hybridized carbons (Fsp3) is 0.568. The van der Waals surface area contributed by atoms with E-state index in [0.29, 0.717) is 23.4 Å². The highest BCUT2D eigenvalue weighted by atomic mass is 32.2. The quantitative estimate of drug-likeness (QED) is 0.0501. The van der Waals surface area contributed by atoms with Crippen LogP contribution in [0.3, 0.4) is 0 Å². The maximum absolute atomic E-state index is 6.05. The van der Waals surface area contributed by atoms with Gasteiger partial charge in [0, 0.05) is 54.0 Å². The molecule has 0 unspecified atom stereocenters. The number of hydrogen-bond acceptors (Lipinski definition) is 10. The molecule has 0 fully saturated rings. The summed E-state index contributed by atoms with van der Waals surface area (Å²) in [6, 6.07) is 9.19. The van der Waals surface area contributed by atoms with Crippen molar-refractivity contribution in [2.24, 2.45) is 7.05 Å². The van der Waals surface area contributed by atoms with E-state index in [1.165, 1.54) is 119 Å². The number of aryl methyl sites for hydroxylation is 5. The first-order valence-corrected chi connectivity index (χ1v) is 30.7. The number of ether oxygens (including phenoxy) is 2. The van der Waals surface area contributed by atoms with Crippen LogP contribution in [0.2, 0.25) is 51.4 Å². The molecule has 3 N–H and O–H groups in total. The molecule has 4 aliphatic rings. The molecule has 5 aromatic rings. The van der Waals surface area contributed by atoms with Crippen LogP contribution in [0.1, 0.15) is 70.2 Å². The van der Waals surface area contributed by atoms with Crippen LogP contribution in [0.5, 0.6) is 0 Å². The molecule has 3 heterocycles. The van der Waals surface area contributed by atoms with Gasteiger partial charge in [0.05, 0.1) is 0 Å². The molecule has 9 rings (SSSR count). The zero-order valence-electron chi connectivity index (χ0n) is 36.8. The number of rotatable bonds is 16. The van der Waals surface area contributed by atoms with E-state index in [1.807, 2.05) is 28.7 Å². The van der Waals surface area contributed by atoms with E-state index in [0.717, 1.165) is 67.9 Å². The Hall–Kier alpha value is -3.55. The van der Waals surface area contributed by atoms with E-state index in [9.17, 15) is 0 Å². The fourth-order valence-corrected chi connectivity index (χ4v) is 11.3. The summed E-state index contributed by atoms with van der Waals surface area (Å²) < 4.78 is 18.0. The van der Waals surface area contributed by atoms with E-state index < -0.39 is 16.1 Å². The molecule has 0 saturated carbocycles. The van der Waals surface area contributed by atoms with Crippen LogP contribution in [-0.4, -0.2) is 68.7 Å². The van der Waals surface area contributed by atoms with E-state index in [-0.39, 0.29) is 0 Å². The zero-order valence-corrected chi connectivity index (χ0v) is 40.4. The van der Waals surface area contributed by atoms with Gasteiger partial charge in [0.15, 0.2) is 0 Å². The van der Waals surface area contributed by atoms with Crippen molar-refractivity contribution in [3.05, 3.63) is 73.7 Å². The summed E-state index contributed by atoms with van der Waals surface area (Å²) in [6.45, 7) is 16.6. The van der Waals surface area contributed by atoms with E-state index >= 15 is 0 Å². The molecule has 12 nitrogen and oxygen atoms in total. The summed E-state index contributed by atoms with van der Waals surface area (Å²) in [5.41, 5.74) is 14.5. The van der Waals surface area contributed by atoms with Crippen molar-refractivity contribution >= 4 is 63.4 Å². The summed E-state index contributed by atoms with van der Waals surface area (Å²) in [5.74, 6) is 1.53. The van der Waals surface area contributed by atoms with Crippen molar-refractivity contribution in [2.45, 2.75) is 152 Å². The summed E-state index contributed by atoms with van der Waals surface area (Å²) >= 11 is 6.78. The number of nitrogens with zero attached hydrogens (tertiary/aromatic N) is 7. The van der Waals surface area contributed by atoms with Crippen molar-refractivity contribution in [2.75, 3.05) is 23.8 Å². The first-order valence-electron chi connectivity index (χ1n) is 22.1. The third kappa shape index (κ3) is 10.5. The Balaban J connectivity index is 0.000000170. The van der Waals surface area contributed by atoms with Gasteiger partial charge in [-0.2, -0.15) is 15.1 Å². The maximum Gasteiger partial charge on any atom is 0.228 e. The summed E-state index contributed by atoms with van der Waals surface area (Å²) in [5, 5.41) is 21.3. The van der Waals surface area contributed by atoms with Crippen LogP contribution in [0, 0.1) is 4.77 Å². The van der Waals surface area contributed by atoms with Crippen LogP contribution in [0.25, 0.3) is 0 Å². The lowest BCUT2D eigenvalue weighted by Crippen LogP contribution is -2.22. The summed E-state index contributed by atoms with van der Waals surface area (Å²) in [6.07, 6.45) is 16.3. The van der Waals surface area contributed by atoms with Gasteiger partial charge < -0.3 is 20.1 Å². The Bertz CT molecular complexity index is 2310. The van der Waals surface area contributed by atoms with Gasteiger partial charge in [-0.25, -0.2) is 9.36 Å². The molecule has 3 aromatic heterocycles. The number of hydrogen-bond donors (Lipinski definition) is 3. The highest BCUT2D eigenvalue weighted by Gasteiger charge is 2.27. The minimum atomic E-state index is -1.14. The number of nitrogens with one attached hydrogen (secondary N) is 3. The molecule has 0 atom stereocenters. The average Bonchev–Trinajstić information content (AvgIpc) is 4.04. The van der Waals surface area contributed by atoms with Gasteiger partial charge in [-0.05, 0) is 164 Å². The van der Waals surface area contributed by atoms with Crippen LogP contribution >= 0.6 is 24.0 Å². The molecule has 2 aromatic carbocycles. The normalized spacial score (nSPS) is 15.4. The molecule has 0 radical (unpaired) electrons. The first kappa shape index (κ1) is 43.1. The van der Waals surface area contributed by atoms with Crippen LogP contribution < -0.4 is 10.6 Å². The lowest BCUT2D eigenvalue weighted by Gasteiger charge is -2.18. The number of benzene rings is 2. The number of anilines is 4. The second kappa shape index (κ2) is 18.4. The molecule has 0 aliphatic heterocycles. The zero-order chi connectivity index (χ0) is 42.0. The number of fused-ring (bicyclic) bond motifs is 4. The monoisotopic (exact) mass is 884 g/mol. The highest BCUT2D eigenvalue weighted by molar-refractivity contribution is 7.99. The van der Waals surface area contributed by atoms with Crippen molar-refractivity contribution < 1.29 is 9.47 Å². The van der Waals surface area contributed by atoms with Gasteiger partial charge in [0.2, 0.25) is 21.8 Å².